The minimum absolute atomic E-state index is 0.0429. The van der Waals surface area contributed by atoms with Crippen LogP contribution < -0.4 is 5.43 Å². The SMILES string of the molecule is C/C(=N\Nc1nc2ccc(C(F)(F)F)cc2s1)c1ccc(-c2ccc(Cl)c(C(=O)O)c2)o1. The first-order valence-electron chi connectivity index (χ1n) is 9.03. The van der Waals surface area contributed by atoms with Gasteiger partial charge in [-0.25, -0.2) is 9.78 Å². The second kappa shape index (κ2) is 8.29. The molecule has 0 saturated heterocycles. The minimum atomic E-state index is -4.42. The lowest BCUT2D eigenvalue weighted by atomic mass is 10.1. The molecule has 0 aliphatic rings. The largest absolute Gasteiger partial charge is 0.478 e. The quantitative estimate of drug-likeness (QED) is 0.244. The molecule has 164 valence electrons. The number of nitrogens with one attached hydrogen (secondary N) is 1. The summed E-state index contributed by atoms with van der Waals surface area (Å²) in [5, 5.41) is 13.8. The van der Waals surface area contributed by atoms with Gasteiger partial charge in [0, 0.05) is 5.56 Å². The van der Waals surface area contributed by atoms with Crippen LogP contribution in [-0.2, 0) is 6.18 Å². The summed E-state index contributed by atoms with van der Waals surface area (Å²) in [6.45, 7) is 1.68. The van der Waals surface area contributed by atoms with Crippen molar-refractivity contribution in [1.82, 2.24) is 4.98 Å². The van der Waals surface area contributed by atoms with Gasteiger partial charge >= 0.3 is 12.1 Å². The molecule has 11 heteroatoms. The summed E-state index contributed by atoms with van der Waals surface area (Å²) < 4.78 is 44.8. The number of aromatic nitrogens is 1. The monoisotopic (exact) mass is 479 g/mol. The Labute approximate surface area is 188 Å². The molecule has 4 aromatic rings. The van der Waals surface area contributed by atoms with Gasteiger partial charge in [0.1, 0.15) is 11.5 Å². The first kappa shape index (κ1) is 21.8. The van der Waals surface area contributed by atoms with Gasteiger partial charge in [-0.1, -0.05) is 22.9 Å². The van der Waals surface area contributed by atoms with Gasteiger partial charge in [-0.15, -0.1) is 0 Å². The van der Waals surface area contributed by atoms with Crippen molar-refractivity contribution in [3.63, 3.8) is 0 Å². The molecule has 0 aliphatic heterocycles. The molecular formula is C21H13ClF3N3O3S. The van der Waals surface area contributed by atoms with Crippen LogP contribution in [0.3, 0.4) is 0 Å². The number of aromatic carboxylic acids is 1. The number of furan rings is 1. The Balaban J connectivity index is 1.54. The van der Waals surface area contributed by atoms with Crippen LogP contribution in [0.1, 0.15) is 28.6 Å². The summed E-state index contributed by atoms with van der Waals surface area (Å²) in [6.07, 6.45) is -4.42. The van der Waals surface area contributed by atoms with Crippen LogP contribution in [0.5, 0.6) is 0 Å². The van der Waals surface area contributed by atoms with E-state index in [0.29, 0.717) is 38.1 Å². The molecule has 32 heavy (non-hydrogen) atoms. The second-order valence-electron chi connectivity index (χ2n) is 6.67. The van der Waals surface area contributed by atoms with Crippen molar-refractivity contribution in [1.29, 1.82) is 0 Å². The topological polar surface area (TPSA) is 87.7 Å². The Bertz CT molecular complexity index is 1360. The molecule has 2 N–H and O–H groups in total. The van der Waals surface area contributed by atoms with Crippen molar-refractivity contribution < 1.29 is 27.5 Å². The minimum Gasteiger partial charge on any atom is -0.478 e. The van der Waals surface area contributed by atoms with Gasteiger partial charge in [0.2, 0.25) is 5.13 Å². The summed E-state index contributed by atoms with van der Waals surface area (Å²) in [7, 11) is 0. The van der Waals surface area contributed by atoms with E-state index < -0.39 is 17.7 Å². The summed E-state index contributed by atoms with van der Waals surface area (Å²) in [5.41, 5.74) is 3.36. The molecule has 0 spiro atoms. The Morgan fingerprint density at radius 1 is 1.19 bits per heavy atom. The standard InChI is InChI=1S/C21H13ClF3N3O3S/c1-10(16-6-7-17(31-16)11-2-4-14(22)13(8-11)19(29)30)27-28-20-26-15-5-3-12(21(23,24)25)9-18(15)32-20/h2-9H,1H3,(H,26,28)(H,29,30)/b27-10+. The summed E-state index contributed by atoms with van der Waals surface area (Å²) in [6, 6.07) is 11.2. The highest BCUT2D eigenvalue weighted by molar-refractivity contribution is 7.22. The predicted octanol–water partition coefficient (Wildman–Crippen LogP) is 6.76. The molecule has 2 aromatic heterocycles. The van der Waals surface area contributed by atoms with E-state index in [4.69, 9.17) is 16.0 Å². The highest BCUT2D eigenvalue weighted by Crippen LogP contribution is 2.34. The van der Waals surface area contributed by atoms with Gasteiger partial charge < -0.3 is 9.52 Å². The number of hydrogen-bond donors (Lipinski definition) is 2. The van der Waals surface area contributed by atoms with E-state index in [1.807, 2.05) is 0 Å². The van der Waals surface area contributed by atoms with Gasteiger partial charge in [0.25, 0.3) is 0 Å². The fourth-order valence-corrected chi connectivity index (χ4v) is 3.91. The molecule has 0 fully saturated rings. The first-order valence-corrected chi connectivity index (χ1v) is 10.2. The van der Waals surface area contributed by atoms with Gasteiger partial charge in [-0.2, -0.15) is 18.3 Å². The predicted molar refractivity (Wildman–Crippen MR) is 117 cm³/mol. The summed E-state index contributed by atoms with van der Waals surface area (Å²) in [4.78, 5) is 15.5. The lowest BCUT2D eigenvalue weighted by Crippen LogP contribution is -2.03. The molecule has 0 aliphatic carbocycles. The van der Waals surface area contributed by atoms with Crippen LogP contribution in [0, 0.1) is 0 Å². The van der Waals surface area contributed by atoms with E-state index >= 15 is 0 Å². The molecule has 4 rings (SSSR count). The molecule has 0 amide bonds. The number of carbonyl (C=O) groups is 1. The van der Waals surface area contributed by atoms with Crippen LogP contribution in [-0.4, -0.2) is 21.8 Å². The van der Waals surface area contributed by atoms with E-state index in [0.717, 1.165) is 23.5 Å². The molecule has 0 saturated carbocycles. The normalized spacial score (nSPS) is 12.3. The number of benzene rings is 2. The maximum Gasteiger partial charge on any atom is 0.416 e. The zero-order valence-electron chi connectivity index (χ0n) is 16.2. The lowest BCUT2D eigenvalue weighted by Gasteiger charge is -2.04. The van der Waals surface area contributed by atoms with Crippen LogP contribution >= 0.6 is 22.9 Å². The number of rotatable bonds is 5. The zero-order valence-corrected chi connectivity index (χ0v) is 17.8. The lowest BCUT2D eigenvalue weighted by molar-refractivity contribution is -0.137. The average Bonchev–Trinajstić information content (AvgIpc) is 3.38. The summed E-state index contributed by atoms with van der Waals surface area (Å²) >= 11 is 6.94. The fraction of sp³-hybridized carbons (Fsp3) is 0.0952. The number of thiazole rings is 1. The van der Waals surface area contributed by atoms with Gasteiger partial charge in [0.05, 0.1) is 26.4 Å². The second-order valence-corrected chi connectivity index (χ2v) is 8.11. The molecule has 0 unspecified atom stereocenters. The first-order chi connectivity index (χ1) is 15.1. The van der Waals surface area contributed by atoms with Crippen LogP contribution in [0.4, 0.5) is 18.3 Å². The number of hydrogen-bond acceptors (Lipinski definition) is 6. The number of carboxylic acid groups (broad SMARTS) is 1. The van der Waals surface area contributed by atoms with Crippen molar-refractivity contribution >= 4 is 50.0 Å². The third-order valence-electron chi connectivity index (χ3n) is 4.48. The molecule has 6 nitrogen and oxygen atoms in total. The maximum absolute atomic E-state index is 12.9. The number of hydrazone groups is 1. The molecule has 2 aromatic carbocycles. The number of nitrogens with zero attached hydrogens (tertiary/aromatic N) is 2. The van der Waals surface area contributed by atoms with E-state index in [1.54, 1.807) is 25.1 Å². The number of anilines is 1. The number of halogens is 4. The zero-order chi connectivity index (χ0) is 23.0. The third-order valence-corrected chi connectivity index (χ3v) is 5.73. The van der Waals surface area contributed by atoms with Crippen molar-refractivity contribution in [2.75, 3.05) is 5.43 Å². The van der Waals surface area contributed by atoms with Crippen molar-refractivity contribution in [2.45, 2.75) is 13.1 Å². The highest BCUT2D eigenvalue weighted by Gasteiger charge is 2.30. The van der Waals surface area contributed by atoms with Gasteiger partial charge in [0.15, 0.2) is 5.76 Å². The summed E-state index contributed by atoms with van der Waals surface area (Å²) in [5.74, 6) is -0.308. The van der Waals surface area contributed by atoms with Crippen LogP contribution in [0.25, 0.3) is 21.5 Å². The van der Waals surface area contributed by atoms with E-state index in [-0.39, 0.29) is 10.6 Å². The molecule has 0 atom stereocenters. The van der Waals surface area contributed by atoms with Crippen molar-refractivity contribution in [3.8, 4) is 11.3 Å². The Kier molecular flexibility index (Phi) is 5.66. The fourth-order valence-electron chi connectivity index (χ4n) is 2.87. The van der Waals surface area contributed by atoms with E-state index in [9.17, 15) is 23.1 Å². The Hall–Kier alpha value is -3.37. The average molecular weight is 480 g/mol. The number of alkyl halides is 3. The van der Waals surface area contributed by atoms with Crippen LogP contribution in [0.2, 0.25) is 5.02 Å². The van der Waals surface area contributed by atoms with Crippen LogP contribution in [0.15, 0.2) is 58.0 Å². The smallest absolute Gasteiger partial charge is 0.416 e. The molecular weight excluding hydrogens is 467 g/mol. The Morgan fingerprint density at radius 3 is 2.69 bits per heavy atom. The van der Waals surface area contributed by atoms with Crippen molar-refractivity contribution in [2.24, 2.45) is 5.10 Å². The third kappa shape index (κ3) is 4.46. The van der Waals surface area contributed by atoms with Crippen molar-refractivity contribution in [3.05, 3.63) is 70.4 Å². The number of carboxylic acids is 1. The molecule has 0 radical (unpaired) electrons. The van der Waals surface area contributed by atoms with E-state index in [1.165, 1.54) is 18.2 Å². The number of fused-ring (bicyclic) bond motifs is 1. The maximum atomic E-state index is 12.9. The molecule has 0 bridgehead atoms. The highest BCUT2D eigenvalue weighted by atomic mass is 35.5. The van der Waals surface area contributed by atoms with E-state index in [2.05, 4.69) is 15.5 Å². The van der Waals surface area contributed by atoms with Gasteiger partial charge in [-0.05, 0) is 55.5 Å². The molecule has 2 heterocycles. The van der Waals surface area contributed by atoms with Gasteiger partial charge in [-0.3, -0.25) is 5.43 Å². The Morgan fingerprint density at radius 2 is 1.97 bits per heavy atom.